The van der Waals surface area contributed by atoms with Crippen LogP contribution in [0.2, 0.25) is 0 Å². The summed E-state index contributed by atoms with van der Waals surface area (Å²) in [7, 11) is 0. The first-order valence-electron chi connectivity index (χ1n) is 6.10. The van der Waals surface area contributed by atoms with E-state index in [1.807, 2.05) is 18.2 Å². The maximum absolute atomic E-state index is 11.1. The first kappa shape index (κ1) is 13.5. The fourth-order valence-corrected chi connectivity index (χ4v) is 3.60. The molecule has 4 nitrogen and oxygen atoms in total. The van der Waals surface area contributed by atoms with Gasteiger partial charge in [0.25, 0.3) is 0 Å². The fraction of sp³-hybridized carbons (Fsp3) is 0.214. The topological polar surface area (TPSA) is 62.5 Å². The number of nitrogens with zero attached hydrogens (tertiary/aromatic N) is 2. The standard InChI is InChI=1S/C14H11BrN2O2S/c1-7-12(14(18)19)20-13(17-7)10-4-5-16-11-6-8(15)2-3-9(10)11/h2-3,6H,4-5H2,1H3,(H,18,19). The zero-order chi connectivity index (χ0) is 14.3. The maximum Gasteiger partial charge on any atom is 0.347 e. The third-order valence-electron chi connectivity index (χ3n) is 3.18. The Morgan fingerprint density at radius 2 is 2.25 bits per heavy atom. The van der Waals surface area contributed by atoms with Crippen LogP contribution >= 0.6 is 27.3 Å². The number of thiazole rings is 1. The van der Waals surface area contributed by atoms with Crippen LogP contribution in [0.1, 0.15) is 26.8 Å². The number of carbonyl (C=O) groups is 1. The van der Waals surface area contributed by atoms with E-state index in [0.29, 0.717) is 17.1 Å². The molecule has 0 radical (unpaired) electrons. The van der Waals surface area contributed by atoms with Crippen molar-refractivity contribution in [3.8, 4) is 0 Å². The summed E-state index contributed by atoms with van der Waals surface area (Å²) in [5.74, 6) is -0.914. The molecule has 1 aliphatic rings. The number of aromatic carboxylic acids is 1. The largest absolute Gasteiger partial charge is 0.477 e. The molecule has 0 bridgehead atoms. The fourth-order valence-electron chi connectivity index (χ4n) is 2.26. The number of benzene rings is 1. The van der Waals surface area contributed by atoms with Crippen molar-refractivity contribution in [1.82, 2.24) is 4.98 Å². The molecule has 2 aromatic rings. The molecule has 20 heavy (non-hydrogen) atoms. The minimum Gasteiger partial charge on any atom is -0.477 e. The number of rotatable bonds is 2. The maximum atomic E-state index is 11.1. The molecular weight excluding hydrogens is 340 g/mol. The summed E-state index contributed by atoms with van der Waals surface area (Å²) in [6.45, 7) is 2.44. The van der Waals surface area contributed by atoms with Crippen LogP contribution in [0.15, 0.2) is 27.7 Å². The van der Waals surface area contributed by atoms with Gasteiger partial charge >= 0.3 is 5.97 Å². The number of carboxylic acids is 1. The molecule has 1 aromatic carbocycles. The first-order chi connectivity index (χ1) is 9.56. The zero-order valence-corrected chi connectivity index (χ0v) is 13.1. The summed E-state index contributed by atoms with van der Waals surface area (Å²) in [5, 5.41) is 11.9. The van der Waals surface area contributed by atoms with Gasteiger partial charge in [0.1, 0.15) is 9.88 Å². The summed E-state index contributed by atoms with van der Waals surface area (Å²) < 4.78 is 0.989. The SMILES string of the molecule is Cc1nc(C2=c3ccc(Br)cc3=NCC2)sc1C(=O)O. The van der Waals surface area contributed by atoms with Crippen molar-refractivity contribution in [3.63, 3.8) is 0 Å². The minimum absolute atomic E-state index is 0.314. The summed E-state index contributed by atoms with van der Waals surface area (Å²) in [4.78, 5) is 20.4. The van der Waals surface area contributed by atoms with E-state index in [1.165, 1.54) is 11.3 Å². The molecule has 102 valence electrons. The molecule has 6 heteroatoms. The van der Waals surface area contributed by atoms with E-state index in [2.05, 4.69) is 25.9 Å². The Bertz CT molecular complexity index is 826. The lowest BCUT2D eigenvalue weighted by atomic mass is 10.1. The number of carboxylic acid groups (broad SMARTS) is 1. The Hall–Kier alpha value is -1.53. The van der Waals surface area contributed by atoms with Gasteiger partial charge in [0, 0.05) is 16.2 Å². The molecule has 0 saturated carbocycles. The van der Waals surface area contributed by atoms with Crippen LogP contribution in [0.25, 0.3) is 5.57 Å². The highest BCUT2D eigenvalue weighted by atomic mass is 79.9. The number of aromatic nitrogens is 1. The Morgan fingerprint density at radius 3 is 2.95 bits per heavy atom. The van der Waals surface area contributed by atoms with Crippen LogP contribution in [0.4, 0.5) is 0 Å². The van der Waals surface area contributed by atoms with E-state index >= 15 is 0 Å². The number of aryl methyl sites for hydroxylation is 1. The second kappa shape index (κ2) is 5.10. The van der Waals surface area contributed by atoms with Crippen molar-refractivity contribution in [2.45, 2.75) is 13.3 Å². The quantitative estimate of drug-likeness (QED) is 0.902. The van der Waals surface area contributed by atoms with Gasteiger partial charge in [-0.05, 0) is 31.1 Å². The van der Waals surface area contributed by atoms with Crippen LogP contribution in [-0.2, 0) is 0 Å². The van der Waals surface area contributed by atoms with Gasteiger partial charge in [0.2, 0.25) is 0 Å². The third kappa shape index (κ3) is 2.29. The molecular formula is C14H11BrN2O2S. The molecule has 0 amide bonds. The number of fused-ring (bicyclic) bond motifs is 1. The summed E-state index contributed by atoms with van der Waals surface area (Å²) in [5.41, 5.74) is 1.66. The minimum atomic E-state index is -0.914. The summed E-state index contributed by atoms with van der Waals surface area (Å²) >= 11 is 4.68. The van der Waals surface area contributed by atoms with Crippen LogP contribution < -0.4 is 10.6 Å². The average Bonchev–Trinajstić information content (AvgIpc) is 2.79. The van der Waals surface area contributed by atoms with Gasteiger partial charge < -0.3 is 5.11 Å². The molecule has 1 aliphatic heterocycles. The van der Waals surface area contributed by atoms with Crippen LogP contribution in [-0.4, -0.2) is 22.6 Å². The van der Waals surface area contributed by atoms with E-state index in [-0.39, 0.29) is 0 Å². The number of halogens is 1. The Morgan fingerprint density at radius 1 is 1.45 bits per heavy atom. The van der Waals surface area contributed by atoms with Crippen LogP contribution in [0.5, 0.6) is 0 Å². The highest BCUT2D eigenvalue weighted by molar-refractivity contribution is 9.10. The Labute approximate surface area is 127 Å². The Balaban J connectivity index is 2.26. The van der Waals surface area contributed by atoms with Gasteiger partial charge in [-0.1, -0.05) is 22.0 Å². The molecule has 0 unspecified atom stereocenters. The van der Waals surface area contributed by atoms with E-state index in [1.54, 1.807) is 6.92 Å². The molecule has 0 fully saturated rings. The van der Waals surface area contributed by atoms with Crippen molar-refractivity contribution >= 4 is 38.8 Å². The normalized spacial score (nSPS) is 13.8. The summed E-state index contributed by atoms with van der Waals surface area (Å²) in [6.07, 6.45) is 0.792. The molecule has 3 rings (SSSR count). The van der Waals surface area contributed by atoms with Gasteiger partial charge in [-0.2, -0.15) is 0 Å². The lowest BCUT2D eigenvalue weighted by Crippen LogP contribution is -2.31. The van der Waals surface area contributed by atoms with Crippen molar-refractivity contribution in [1.29, 1.82) is 0 Å². The predicted molar refractivity (Wildman–Crippen MR) is 80.7 cm³/mol. The number of hydrogen-bond donors (Lipinski definition) is 1. The Kier molecular flexibility index (Phi) is 3.43. The second-order valence-corrected chi connectivity index (χ2v) is 6.43. The van der Waals surface area contributed by atoms with E-state index < -0.39 is 5.97 Å². The van der Waals surface area contributed by atoms with Crippen LogP contribution in [0, 0.1) is 6.92 Å². The van der Waals surface area contributed by atoms with Crippen molar-refractivity contribution in [2.75, 3.05) is 6.54 Å². The molecule has 1 N–H and O–H groups in total. The highest BCUT2D eigenvalue weighted by Gasteiger charge is 2.18. The van der Waals surface area contributed by atoms with E-state index in [0.717, 1.165) is 32.1 Å². The molecule has 0 saturated heterocycles. The number of hydrogen-bond acceptors (Lipinski definition) is 4. The van der Waals surface area contributed by atoms with Gasteiger partial charge in [0.05, 0.1) is 11.1 Å². The average molecular weight is 351 g/mol. The first-order valence-corrected chi connectivity index (χ1v) is 7.71. The molecule has 0 spiro atoms. The van der Waals surface area contributed by atoms with Crippen molar-refractivity contribution < 1.29 is 9.90 Å². The molecule has 0 aliphatic carbocycles. The van der Waals surface area contributed by atoms with Crippen molar-refractivity contribution in [2.24, 2.45) is 4.99 Å². The second-order valence-electron chi connectivity index (χ2n) is 4.51. The molecule has 1 aromatic heterocycles. The third-order valence-corrected chi connectivity index (χ3v) is 4.88. The monoisotopic (exact) mass is 350 g/mol. The highest BCUT2D eigenvalue weighted by Crippen LogP contribution is 2.25. The van der Waals surface area contributed by atoms with Gasteiger partial charge in [-0.3, -0.25) is 4.99 Å². The smallest absolute Gasteiger partial charge is 0.347 e. The van der Waals surface area contributed by atoms with Gasteiger partial charge in [-0.15, -0.1) is 11.3 Å². The van der Waals surface area contributed by atoms with Crippen molar-refractivity contribution in [3.05, 3.63) is 48.8 Å². The van der Waals surface area contributed by atoms with Gasteiger partial charge in [-0.25, -0.2) is 9.78 Å². The molecule has 2 heterocycles. The predicted octanol–water partition coefficient (Wildman–Crippen LogP) is 2.13. The zero-order valence-electron chi connectivity index (χ0n) is 10.7. The molecule has 0 atom stereocenters. The van der Waals surface area contributed by atoms with Gasteiger partial charge in [0.15, 0.2) is 0 Å². The van der Waals surface area contributed by atoms with Crippen LogP contribution in [0.3, 0.4) is 0 Å². The lowest BCUT2D eigenvalue weighted by molar-refractivity contribution is 0.0701. The lowest BCUT2D eigenvalue weighted by Gasteiger charge is -2.08. The summed E-state index contributed by atoms with van der Waals surface area (Å²) in [6, 6.07) is 5.96. The van der Waals surface area contributed by atoms with E-state index in [4.69, 9.17) is 5.11 Å². The van der Waals surface area contributed by atoms with E-state index in [9.17, 15) is 4.79 Å².